The molecule has 30 heavy (non-hydrogen) atoms. The number of hydrogen-bond donors (Lipinski definition) is 2. The molecule has 0 fully saturated rings. The van der Waals surface area contributed by atoms with Crippen molar-refractivity contribution in [3.05, 3.63) is 51.7 Å². The summed E-state index contributed by atoms with van der Waals surface area (Å²) in [6.07, 6.45) is 4.28. The van der Waals surface area contributed by atoms with E-state index in [9.17, 15) is 9.59 Å². The summed E-state index contributed by atoms with van der Waals surface area (Å²) in [4.78, 5) is 27.0. The van der Waals surface area contributed by atoms with Crippen LogP contribution in [0.4, 0.5) is 0 Å². The van der Waals surface area contributed by atoms with Crippen LogP contribution in [0.25, 0.3) is 6.08 Å². The molecule has 2 amide bonds. The van der Waals surface area contributed by atoms with Crippen LogP contribution < -0.4 is 20.5 Å². The van der Waals surface area contributed by atoms with Crippen LogP contribution in [0.15, 0.2) is 35.7 Å². The summed E-state index contributed by atoms with van der Waals surface area (Å²) in [7, 11) is 1.51. The van der Waals surface area contributed by atoms with Crippen LogP contribution in [0, 0.1) is 0 Å². The lowest BCUT2D eigenvalue weighted by molar-refractivity contribution is -0.120. The molecule has 8 heteroatoms. The van der Waals surface area contributed by atoms with E-state index in [0.29, 0.717) is 18.0 Å². The topological polar surface area (TPSA) is 93.9 Å². The van der Waals surface area contributed by atoms with E-state index in [-0.39, 0.29) is 18.6 Å². The van der Waals surface area contributed by atoms with Crippen molar-refractivity contribution in [2.45, 2.75) is 25.9 Å². The molecule has 7 nitrogen and oxygen atoms in total. The molecule has 3 rings (SSSR count). The van der Waals surface area contributed by atoms with E-state index in [1.165, 1.54) is 23.6 Å². The van der Waals surface area contributed by atoms with Gasteiger partial charge in [-0.3, -0.25) is 14.5 Å². The number of thiophene rings is 1. The number of nitrogens with one attached hydrogen (secondary N) is 1. The third-order valence-corrected chi connectivity index (χ3v) is 6.04. The van der Waals surface area contributed by atoms with Crippen molar-refractivity contribution in [2.75, 3.05) is 26.8 Å². The van der Waals surface area contributed by atoms with Crippen LogP contribution in [-0.4, -0.2) is 49.6 Å². The third-order valence-electron chi connectivity index (χ3n) is 5.02. The molecule has 0 saturated carbocycles. The summed E-state index contributed by atoms with van der Waals surface area (Å²) >= 11 is 1.83. The SMILES string of the molecule is COc1cc(/C=C/C(=O)NCC(C)N2CCc3sccc3C2)ccc1OCC(N)=O. The zero-order chi connectivity index (χ0) is 21.5. The molecule has 0 bridgehead atoms. The minimum atomic E-state index is -0.563. The summed E-state index contributed by atoms with van der Waals surface area (Å²) in [5, 5.41) is 5.12. The fourth-order valence-electron chi connectivity index (χ4n) is 3.31. The third kappa shape index (κ3) is 5.84. The molecule has 0 aliphatic carbocycles. The highest BCUT2D eigenvalue weighted by atomic mass is 32.1. The van der Waals surface area contributed by atoms with Crippen LogP contribution in [0.2, 0.25) is 0 Å². The van der Waals surface area contributed by atoms with Gasteiger partial charge < -0.3 is 20.5 Å². The van der Waals surface area contributed by atoms with Crippen molar-refractivity contribution in [3.8, 4) is 11.5 Å². The fraction of sp³-hybridized carbons (Fsp3) is 0.364. The largest absolute Gasteiger partial charge is 0.493 e. The van der Waals surface area contributed by atoms with Gasteiger partial charge >= 0.3 is 0 Å². The number of benzene rings is 1. The summed E-state index contributed by atoms with van der Waals surface area (Å²) < 4.78 is 10.6. The molecule has 2 heterocycles. The van der Waals surface area contributed by atoms with Crippen LogP contribution in [0.5, 0.6) is 11.5 Å². The van der Waals surface area contributed by atoms with Crippen molar-refractivity contribution in [2.24, 2.45) is 5.73 Å². The maximum absolute atomic E-state index is 12.2. The van der Waals surface area contributed by atoms with Gasteiger partial charge in [-0.2, -0.15) is 0 Å². The minimum absolute atomic E-state index is 0.150. The first-order valence-electron chi connectivity index (χ1n) is 9.80. The Morgan fingerprint density at radius 1 is 1.33 bits per heavy atom. The first-order chi connectivity index (χ1) is 14.5. The second-order valence-electron chi connectivity index (χ2n) is 7.18. The Labute approximate surface area is 180 Å². The smallest absolute Gasteiger partial charge is 0.255 e. The Morgan fingerprint density at radius 3 is 2.93 bits per heavy atom. The average Bonchev–Trinajstić information content (AvgIpc) is 3.22. The zero-order valence-electron chi connectivity index (χ0n) is 17.2. The fourth-order valence-corrected chi connectivity index (χ4v) is 4.20. The normalized spacial score (nSPS) is 14.9. The number of methoxy groups -OCH3 is 1. The molecule has 1 aliphatic rings. The van der Waals surface area contributed by atoms with E-state index in [4.69, 9.17) is 15.2 Å². The summed E-state index contributed by atoms with van der Waals surface area (Å²) in [6.45, 7) is 4.46. The second-order valence-corrected chi connectivity index (χ2v) is 8.18. The van der Waals surface area contributed by atoms with E-state index in [2.05, 4.69) is 28.6 Å². The number of rotatable bonds is 9. The maximum atomic E-state index is 12.2. The lowest BCUT2D eigenvalue weighted by atomic mass is 10.1. The van der Waals surface area contributed by atoms with Crippen molar-refractivity contribution in [3.63, 3.8) is 0 Å². The summed E-state index contributed by atoms with van der Waals surface area (Å²) in [5.41, 5.74) is 7.28. The Hall–Kier alpha value is -2.84. The lowest BCUT2D eigenvalue weighted by Crippen LogP contribution is -2.43. The van der Waals surface area contributed by atoms with E-state index in [1.807, 2.05) is 11.3 Å². The number of primary amides is 1. The van der Waals surface area contributed by atoms with Gasteiger partial charge in [0.15, 0.2) is 18.1 Å². The highest BCUT2D eigenvalue weighted by Gasteiger charge is 2.21. The van der Waals surface area contributed by atoms with Gasteiger partial charge in [-0.1, -0.05) is 6.07 Å². The van der Waals surface area contributed by atoms with Gasteiger partial charge in [-0.05, 0) is 54.1 Å². The predicted octanol–water partition coefficient (Wildman–Crippen LogP) is 2.20. The van der Waals surface area contributed by atoms with Gasteiger partial charge in [0.1, 0.15) is 0 Å². The maximum Gasteiger partial charge on any atom is 0.255 e. The molecular weight excluding hydrogens is 402 g/mol. The number of fused-ring (bicyclic) bond motifs is 1. The van der Waals surface area contributed by atoms with Crippen molar-refractivity contribution < 1.29 is 19.1 Å². The standard InChI is InChI=1S/C22H27N3O4S/c1-15(25-9-7-20-17(13-25)8-10-30-20)12-24-22(27)6-4-16-3-5-18(19(11-16)28-2)29-14-21(23)26/h3-6,8,10-11,15H,7,9,12-14H2,1-2H3,(H2,23,26)(H,24,27)/b6-4+. The van der Waals surface area contributed by atoms with Crippen molar-refractivity contribution in [1.29, 1.82) is 0 Å². The molecule has 1 atom stereocenters. The zero-order valence-corrected chi connectivity index (χ0v) is 18.0. The van der Waals surface area contributed by atoms with E-state index < -0.39 is 5.91 Å². The number of nitrogens with two attached hydrogens (primary N) is 1. The average molecular weight is 430 g/mol. The lowest BCUT2D eigenvalue weighted by Gasteiger charge is -2.32. The van der Waals surface area contributed by atoms with Gasteiger partial charge in [0.2, 0.25) is 5.91 Å². The molecule has 2 aromatic rings. The first kappa shape index (κ1) is 21.9. The van der Waals surface area contributed by atoms with E-state index in [1.54, 1.807) is 24.3 Å². The Balaban J connectivity index is 1.50. The van der Waals surface area contributed by atoms with Crippen molar-refractivity contribution >= 4 is 29.2 Å². The number of amides is 2. The Morgan fingerprint density at radius 2 is 2.17 bits per heavy atom. The monoisotopic (exact) mass is 429 g/mol. The molecule has 1 unspecified atom stereocenters. The van der Waals surface area contributed by atoms with Gasteiger partial charge in [-0.15, -0.1) is 11.3 Å². The first-order valence-corrected chi connectivity index (χ1v) is 10.7. The number of ether oxygens (including phenoxy) is 2. The Kier molecular flexibility index (Phi) is 7.48. The predicted molar refractivity (Wildman–Crippen MR) is 118 cm³/mol. The van der Waals surface area contributed by atoms with Crippen LogP contribution in [0.1, 0.15) is 22.9 Å². The minimum Gasteiger partial charge on any atom is -0.493 e. The molecule has 1 aromatic carbocycles. The molecule has 0 spiro atoms. The number of hydrogen-bond acceptors (Lipinski definition) is 6. The van der Waals surface area contributed by atoms with Crippen LogP contribution in [0.3, 0.4) is 0 Å². The molecule has 0 saturated heterocycles. The van der Waals surface area contributed by atoms with Gasteiger partial charge in [0, 0.05) is 36.6 Å². The van der Waals surface area contributed by atoms with E-state index in [0.717, 1.165) is 25.1 Å². The summed E-state index contributed by atoms with van der Waals surface area (Å²) in [5.74, 6) is 0.169. The highest BCUT2D eigenvalue weighted by Crippen LogP contribution is 2.28. The molecular formula is C22H27N3O4S. The van der Waals surface area contributed by atoms with Crippen LogP contribution in [-0.2, 0) is 22.6 Å². The number of nitrogens with zero attached hydrogens (tertiary/aromatic N) is 1. The van der Waals surface area contributed by atoms with Gasteiger partial charge in [0.05, 0.1) is 7.11 Å². The van der Waals surface area contributed by atoms with Crippen molar-refractivity contribution in [1.82, 2.24) is 10.2 Å². The number of carbonyl (C=O) groups excluding carboxylic acids is 2. The second kappa shape index (κ2) is 10.3. The summed E-state index contributed by atoms with van der Waals surface area (Å²) in [6, 6.07) is 7.64. The number of carbonyl (C=O) groups is 2. The Bertz CT molecular complexity index is 925. The van der Waals surface area contributed by atoms with Gasteiger partial charge in [0.25, 0.3) is 5.91 Å². The molecule has 1 aromatic heterocycles. The van der Waals surface area contributed by atoms with Gasteiger partial charge in [-0.25, -0.2) is 0 Å². The molecule has 3 N–H and O–H groups in total. The van der Waals surface area contributed by atoms with Crippen LogP contribution >= 0.6 is 11.3 Å². The quantitative estimate of drug-likeness (QED) is 0.596. The molecule has 0 radical (unpaired) electrons. The highest BCUT2D eigenvalue weighted by molar-refractivity contribution is 7.10. The molecule has 1 aliphatic heterocycles. The van der Waals surface area contributed by atoms with E-state index >= 15 is 0 Å². The molecule has 160 valence electrons.